The number of esters is 2. The summed E-state index contributed by atoms with van der Waals surface area (Å²) in [5, 5.41) is 0.390. The fraction of sp³-hybridized carbons (Fsp3) is 0.472. The third-order valence-electron chi connectivity index (χ3n) is 10.3. The first-order valence-electron chi connectivity index (χ1n) is 16.5. The van der Waals surface area contributed by atoms with E-state index in [-0.39, 0.29) is 50.7 Å². The molecular formula is C36H39Cl2N3O7S. The molecule has 2 aliphatic carbocycles. The predicted octanol–water partition coefficient (Wildman–Crippen LogP) is 4.85. The standard InChI is InChI=1S/C36H39Cl2N3O7S/c1-47-35(44)32-28(19-30(43)41-13-11-40(12-14-41)23-15-21-17-24(42)18-22(21)16-23)39-29(20-49(46)25-7-4-3-5-8-25)33(36(45)48-2)34(32)31-26(37)9-6-10-27(31)38/h3-10,21-23,32,34H,11-20H2,1-2H3. The van der Waals surface area contributed by atoms with Crippen LogP contribution in [-0.4, -0.2) is 95.5 Å². The van der Waals surface area contributed by atoms with Crippen LogP contribution in [0.3, 0.4) is 0 Å². The number of rotatable bonds is 9. The van der Waals surface area contributed by atoms with E-state index in [1.807, 2.05) is 0 Å². The predicted molar refractivity (Wildman–Crippen MR) is 186 cm³/mol. The highest BCUT2D eigenvalue weighted by Crippen LogP contribution is 2.47. The largest absolute Gasteiger partial charge is 0.468 e. The molecule has 1 amide bonds. The first-order chi connectivity index (χ1) is 23.6. The molecule has 1 saturated heterocycles. The van der Waals surface area contributed by atoms with Gasteiger partial charge in [-0.05, 0) is 54.5 Å². The summed E-state index contributed by atoms with van der Waals surface area (Å²) >= 11 is 13.4. The molecule has 2 heterocycles. The van der Waals surface area contributed by atoms with Gasteiger partial charge in [-0.15, -0.1) is 0 Å². The van der Waals surface area contributed by atoms with E-state index in [9.17, 15) is 23.4 Å². The fourth-order valence-electron chi connectivity index (χ4n) is 8.00. The molecule has 49 heavy (non-hydrogen) atoms. The third kappa shape index (κ3) is 7.41. The van der Waals surface area contributed by atoms with Crippen LogP contribution in [0.25, 0.3) is 0 Å². The van der Waals surface area contributed by atoms with Crippen molar-refractivity contribution in [3.63, 3.8) is 0 Å². The number of amides is 1. The highest BCUT2D eigenvalue weighted by Gasteiger charge is 2.47. The zero-order chi connectivity index (χ0) is 34.8. The maximum atomic E-state index is 14.0. The summed E-state index contributed by atoms with van der Waals surface area (Å²) in [5.74, 6) is -2.98. The van der Waals surface area contributed by atoms with E-state index < -0.39 is 34.6 Å². The van der Waals surface area contributed by atoms with E-state index in [0.29, 0.717) is 67.6 Å². The summed E-state index contributed by atoms with van der Waals surface area (Å²) in [6.07, 6.45) is 3.20. The highest BCUT2D eigenvalue weighted by atomic mass is 35.5. The lowest BCUT2D eigenvalue weighted by Gasteiger charge is -2.39. The molecule has 0 spiro atoms. The molecule has 0 radical (unpaired) electrons. The van der Waals surface area contributed by atoms with Crippen LogP contribution < -0.4 is 0 Å². The van der Waals surface area contributed by atoms with Crippen LogP contribution in [0, 0.1) is 17.8 Å². The number of Topliss-reactive ketones (excluding diaryl/α,β-unsaturated/α-hetero) is 1. The fourth-order valence-corrected chi connectivity index (χ4v) is 9.73. The molecule has 0 aromatic heterocycles. The molecule has 4 aliphatic rings. The quantitative estimate of drug-likeness (QED) is 0.336. The number of carbonyl (C=O) groups excluding carboxylic acids is 4. The van der Waals surface area contributed by atoms with Gasteiger partial charge in [-0.3, -0.25) is 28.5 Å². The van der Waals surface area contributed by atoms with E-state index in [2.05, 4.69) is 4.90 Å². The van der Waals surface area contributed by atoms with Crippen LogP contribution in [-0.2, 0) is 39.5 Å². The van der Waals surface area contributed by atoms with Gasteiger partial charge in [0.25, 0.3) is 0 Å². The first-order valence-corrected chi connectivity index (χ1v) is 18.5. The summed E-state index contributed by atoms with van der Waals surface area (Å²) < 4.78 is 24.1. The topological polar surface area (TPSA) is 123 Å². The Morgan fingerprint density at radius 1 is 0.898 bits per heavy atom. The van der Waals surface area contributed by atoms with Gasteiger partial charge in [-0.25, -0.2) is 4.79 Å². The van der Waals surface area contributed by atoms with E-state index in [4.69, 9.17) is 37.7 Å². The number of ether oxygens (including phenoxy) is 2. The SMILES string of the molecule is COC(=O)C1=C(CS(=O)c2ccccc2)N=C(CC(=O)N2CCN(C3CC4CC(=O)CC4C3)CC2)C(C(=O)OC)C1c1c(Cl)cccc1Cl. The third-order valence-corrected chi connectivity index (χ3v) is 12.3. The number of methoxy groups -OCH3 is 2. The van der Waals surface area contributed by atoms with Crippen molar-refractivity contribution in [2.24, 2.45) is 22.7 Å². The van der Waals surface area contributed by atoms with E-state index in [1.54, 1.807) is 53.4 Å². The molecule has 2 aromatic carbocycles. The van der Waals surface area contributed by atoms with Crippen LogP contribution in [0.1, 0.15) is 43.6 Å². The molecule has 10 nitrogen and oxygen atoms in total. The monoisotopic (exact) mass is 727 g/mol. The summed E-state index contributed by atoms with van der Waals surface area (Å²) in [7, 11) is 0.789. The van der Waals surface area contributed by atoms with Crippen molar-refractivity contribution < 1.29 is 32.9 Å². The summed E-state index contributed by atoms with van der Waals surface area (Å²) in [6, 6.07) is 14.0. The molecule has 5 atom stereocenters. The molecule has 260 valence electrons. The van der Waals surface area contributed by atoms with Gasteiger partial charge in [0.05, 0.1) is 48.5 Å². The summed E-state index contributed by atoms with van der Waals surface area (Å²) in [5.41, 5.74) is 0.542. The zero-order valence-electron chi connectivity index (χ0n) is 27.4. The molecule has 5 unspecified atom stereocenters. The lowest BCUT2D eigenvalue weighted by Crippen LogP contribution is -2.52. The molecule has 2 aromatic rings. The number of aliphatic imine (C=N–C) groups is 1. The Hall–Kier alpha value is -3.38. The Morgan fingerprint density at radius 2 is 1.53 bits per heavy atom. The zero-order valence-corrected chi connectivity index (χ0v) is 29.8. The minimum atomic E-state index is -1.64. The van der Waals surface area contributed by atoms with Crippen molar-refractivity contribution in [2.45, 2.75) is 49.0 Å². The van der Waals surface area contributed by atoms with Gasteiger partial charge in [-0.2, -0.15) is 0 Å². The van der Waals surface area contributed by atoms with E-state index in [0.717, 1.165) is 12.8 Å². The first kappa shape index (κ1) is 35.4. The van der Waals surface area contributed by atoms with Gasteiger partial charge in [-0.1, -0.05) is 47.5 Å². The Balaban J connectivity index is 1.32. The van der Waals surface area contributed by atoms with Gasteiger partial charge in [0.15, 0.2) is 0 Å². The summed E-state index contributed by atoms with van der Waals surface area (Å²) in [6.45, 7) is 2.44. The number of hydrogen-bond donors (Lipinski definition) is 0. The van der Waals surface area contributed by atoms with E-state index in [1.165, 1.54) is 14.2 Å². The molecular weight excluding hydrogens is 689 g/mol. The number of piperazine rings is 1. The van der Waals surface area contributed by atoms with Gasteiger partial charge < -0.3 is 14.4 Å². The Morgan fingerprint density at radius 3 is 2.12 bits per heavy atom. The van der Waals surface area contributed by atoms with Crippen molar-refractivity contribution >= 4 is 63.3 Å². The number of fused-ring (bicyclic) bond motifs is 1. The number of carbonyl (C=O) groups is 4. The Labute approximate surface area is 298 Å². The van der Waals surface area contributed by atoms with Crippen LogP contribution >= 0.6 is 23.2 Å². The normalized spacial score (nSPS) is 26.3. The number of benzene rings is 2. The van der Waals surface area contributed by atoms with Gasteiger partial charge >= 0.3 is 11.9 Å². The van der Waals surface area contributed by atoms with Gasteiger partial charge in [0.1, 0.15) is 11.7 Å². The van der Waals surface area contributed by atoms with Crippen LogP contribution in [0.5, 0.6) is 0 Å². The van der Waals surface area contributed by atoms with Crippen molar-refractivity contribution in [3.8, 4) is 0 Å². The van der Waals surface area contributed by atoms with Crippen molar-refractivity contribution in [3.05, 3.63) is 75.4 Å². The maximum absolute atomic E-state index is 14.0. The molecule has 2 saturated carbocycles. The number of halogens is 2. The van der Waals surface area contributed by atoms with Crippen LogP contribution in [0.15, 0.2) is 69.7 Å². The summed E-state index contributed by atoms with van der Waals surface area (Å²) in [4.78, 5) is 62.6. The van der Waals surface area contributed by atoms with Crippen molar-refractivity contribution in [1.29, 1.82) is 0 Å². The van der Waals surface area contributed by atoms with Crippen molar-refractivity contribution in [1.82, 2.24) is 9.80 Å². The molecule has 6 rings (SSSR count). The lowest BCUT2D eigenvalue weighted by molar-refractivity contribution is -0.143. The van der Waals surface area contributed by atoms with Crippen LogP contribution in [0.2, 0.25) is 10.0 Å². The Kier molecular flexibility index (Phi) is 11.0. The molecule has 3 fully saturated rings. The van der Waals surface area contributed by atoms with E-state index >= 15 is 0 Å². The minimum absolute atomic E-state index is 0.0231. The molecule has 0 bridgehead atoms. The minimum Gasteiger partial charge on any atom is -0.468 e. The second-order valence-corrected chi connectivity index (χ2v) is 15.3. The molecule has 0 N–H and O–H groups in total. The lowest BCUT2D eigenvalue weighted by atomic mass is 9.74. The average Bonchev–Trinajstić information content (AvgIpc) is 3.65. The van der Waals surface area contributed by atoms with Crippen molar-refractivity contribution in [2.75, 3.05) is 46.2 Å². The second-order valence-electron chi connectivity index (χ2n) is 13.1. The van der Waals surface area contributed by atoms with Gasteiger partial charge in [0, 0.05) is 71.6 Å². The Bertz CT molecular complexity index is 1690. The van der Waals surface area contributed by atoms with Crippen LogP contribution in [0.4, 0.5) is 0 Å². The molecule has 2 aliphatic heterocycles. The second kappa shape index (κ2) is 15.2. The maximum Gasteiger partial charge on any atom is 0.336 e. The highest BCUT2D eigenvalue weighted by molar-refractivity contribution is 7.85. The number of nitrogens with zero attached hydrogens (tertiary/aromatic N) is 3. The van der Waals surface area contributed by atoms with Gasteiger partial charge in [0.2, 0.25) is 5.91 Å². The molecule has 13 heteroatoms. The number of hydrogen-bond acceptors (Lipinski definition) is 9. The number of ketones is 1. The smallest absolute Gasteiger partial charge is 0.336 e. The average molecular weight is 729 g/mol.